The number of carbonyl (C=O) groups excluding carboxylic acids is 4. The average molecular weight is 344 g/mol. The highest BCUT2D eigenvalue weighted by atomic mass is 19.4. The summed E-state index contributed by atoms with van der Waals surface area (Å²) in [5, 5.41) is 0. The molecule has 4 nitrogen and oxygen atoms in total. The van der Waals surface area contributed by atoms with Crippen LogP contribution in [-0.2, 0) is 19.2 Å². The van der Waals surface area contributed by atoms with E-state index in [9.17, 15) is 45.5 Å². The monoisotopic (exact) mass is 344 g/mol. The highest BCUT2D eigenvalue weighted by Crippen LogP contribution is 2.52. The van der Waals surface area contributed by atoms with Crippen molar-refractivity contribution in [3.8, 4) is 0 Å². The molecule has 0 amide bonds. The molecule has 0 spiro atoms. The minimum Gasteiger partial charge on any atom is -0.299 e. The minimum absolute atomic E-state index is 0.685. The van der Waals surface area contributed by atoms with Gasteiger partial charge in [-0.05, 0) is 6.42 Å². The molecule has 10 heteroatoms. The molecule has 128 valence electrons. The summed E-state index contributed by atoms with van der Waals surface area (Å²) in [6.07, 6.45) is -14.4. The molecular formula is C13H10F6O4. The van der Waals surface area contributed by atoms with Gasteiger partial charge >= 0.3 is 12.4 Å². The Labute approximate surface area is 125 Å². The second-order valence-electron chi connectivity index (χ2n) is 5.70. The van der Waals surface area contributed by atoms with Gasteiger partial charge in [-0.15, -0.1) is 0 Å². The van der Waals surface area contributed by atoms with Gasteiger partial charge in [0.05, 0.1) is 0 Å². The quantitative estimate of drug-likeness (QED) is 0.569. The van der Waals surface area contributed by atoms with E-state index in [2.05, 4.69) is 0 Å². The van der Waals surface area contributed by atoms with Crippen LogP contribution >= 0.6 is 0 Å². The van der Waals surface area contributed by atoms with Crippen LogP contribution < -0.4 is 0 Å². The zero-order valence-electron chi connectivity index (χ0n) is 11.4. The second-order valence-corrected chi connectivity index (χ2v) is 5.70. The van der Waals surface area contributed by atoms with Crippen molar-refractivity contribution < 1.29 is 45.5 Å². The van der Waals surface area contributed by atoms with Crippen molar-refractivity contribution in [3.05, 3.63) is 0 Å². The van der Waals surface area contributed by atoms with Crippen LogP contribution in [-0.4, -0.2) is 35.5 Å². The molecule has 23 heavy (non-hydrogen) atoms. The molecule has 0 aromatic heterocycles. The second kappa shape index (κ2) is 5.13. The van der Waals surface area contributed by atoms with Gasteiger partial charge in [0.2, 0.25) is 0 Å². The third-order valence-corrected chi connectivity index (χ3v) is 4.35. The fourth-order valence-electron chi connectivity index (χ4n) is 3.21. The van der Waals surface area contributed by atoms with E-state index < -0.39 is 78.4 Å². The molecule has 0 radical (unpaired) electrons. The van der Waals surface area contributed by atoms with Crippen LogP contribution in [0.2, 0.25) is 0 Å². The Morgan fingerprint density at radius 2 is 1.39 bits per heavy atom. The molecule has 0 heterocycles. The molecule has 0 aliphatic heterocycles. The molecule has 0 saturated heterocycles. The molecule has 2 aliphatic carbocycles. The van der Waals surface area contributed by atoms with Crippen molar-refractivity contribution in [2.45, 2.75) is 38.0 Å². The van der Waals surface area contributed by atoms with Gasteiger partial charge in [0.25, 0.3) is 0 Å². The Hall–Kier alpha value is -1.74. The van der Waals surface area contributed by atoms with Crippen LogP contribution in [0.5, 0.6) is 0 Å². The lowest BCUT2D eigenvalue weighted by Crippen LogP contribution is -2.49. The van der Waals surface area contributed by atoms with Crippen molar-refractivity contribution >= 4 is 23.1 Å². The molecule has 0 aromatic carbocycles. The van der Waals surface area contributed by atoms with Crippen molar-refractivity contribution in [1.82, 2.24) is 0 Å². The maximum absolute atomic E-state index is 13.3. The molecule has 2 rings (SSSR count). The predicted molar refractivity (Wildman–Crippen MR) is 60.0 cm³/mol. The first-order chi connectivity index (χ1) is 10.3. The van der Waals surface area contributed by atoms with E-state index in [1.165, 1.54) is 0 Å². The Morgan fingerprint density at radius 1 is 0.913 bits per heavy atom. The Morgan fingerprint density at radius 3 is 1.74 bits per heavy atom. The summed E-state index contributed by atoms with van der Waals surface area (Å²) >= 11 is 0. The summed E-state index contributed by atoms with van der Waals surface area (Å²) in [7, 11) is 0. The van der Waals surface area contributed by atoms with Crippen LogP contribution in [0.15, 0.2) is 0 Å². The topological polar surface area (TPSA) is 68.3 Å². The summed E-state index contributed by atoms with van der Waals surface area (Å²) < 4.78 is 77.7. The van der Waals surface area contributed by atoms with Crippen molar-refractivity contribution in [3.63, 3.8) is 0 Å². The first-order valence-electron chi connectivity index (χ1n) is 6.59. The summed E-state index contributed by atoms with van der Waals surface area (Å²) in [6.45, 7) is 0. The normalized spacial score (nSPS) is 28.8. The van der Waals surface area contributed by atoms with Crippen molar-refractivity contribution in [2.24, 2.45) is 17.3 Å². The smallest absolute Gasteiger partial charge is 0.299 e. The first-order valence-corrected chi connectivity index (χ1v) is 6.59. The van der Waals surface area contributed by atoms with Crippen LogP contribution in [0.3, 0.4) is 0 Å². The Bertz CT molecular complexity index is 572. The van der Waals surface area contributed by atoms with Gasteiger partial charge in [-0.3, -0.25) is 19.2 Å². The average Bonchev–Trinajstić information content (AvgIpc) is 2.79. The molecule has 2 unspecified atom stereocenters. The minimum atomic E-state index is -5.32. The first kappa shape index (κ1) is 17.6. The zero-order valence-corrected chi connectivity index (χ0v) is 11.4. The predicted octanol–water partition coefficient (Wildman–Crippen LogP) is 2.19. The van der Waals surface area contributed by atoms with E-state index in [0.29, 0.717) is 0 Å². The molecule has 0 bridgehead atoms. The lowest BCUT2D eigenvalue weighted by Gasteiger charge is -2.30. The van der Waals surface area contributed by atoms with E-state index in [-0.39, 0.29) is 0 Å². The molecule has 0 aromatic rings. The highest BCUT2D eigenvalue weighted by Gasteiger charge is 2.69. The number of rotatable bonds is 2. The lowest BCUT2D eigenvalue weighted by molar-refractivity contribution is -0.217. The fraction of sp³-hybridized carbons (Fsp3) is 0.692. The molecular weight excluding hydrogens is 334 g/mol. The Kier molecular flexibility index (Phi) is 3.93. The van der Waals surface area contributed by atoms with E-state index in [1.54, 1.807) is 0 Å². The lowest BCUT2D eigenvalue weighted by atomic mass is 9.74. The van der Waals surface area contributed by atoms with Gasteiger partial charge in [0.15, 0.2) is 34.5 Å². The van der Waals surface area contributed by atoms with Gasteiger partial charge in [-0.2, -0.15) is 26.3 Å². The summed E-state index contributed by atoms with van der Waals surface area (Å²) in [5.41, 5.74) is -3.48. The number of hydrogen-bond acceptors (Lipinski definition) is 4. The number of Topliss-reactive ketones (excluding diaryl/α,β-unsaturated/α-hetero) is 4. The van der Waals surface area contributed by atoms with E-state index in [4.69, 9.17) is 0 Å². The molecule has 2 fully saturated rings. The van der Waals surface area contributed by atoms with Gasteiger partial charge < -0.3 is 0 Å². The maximum atomic E-state index is 13.3. The summed E-state index contributed by atoms with van der Waals surface area (Å²) in [6, 6.07) is 0. The molecule has 2 aliphatic rings. The van der Waals surface area contributed by atoms with E-state index in [0.717, 1.165) is 0 Å². The number of alkyl halides is 6. The van der Waals surface area contributed by atoms with Crippen LogP contribution in [0.1, 0.15) is 25.7 Å². The van der Waals surface area contributed by atoms with E-state index >= 15 is 0 Å². The van der Waals surface area contributed by atoms with Gasteiger partial charge in [0, 0.05) is 25.2 Å². The standard InChI is InChI=1S/C13H10F6O4/c14-12(15,16)9-6(20)3-5(10(9)23)4-11(13(17,18)19)7(21)1-2-8(11)22/h5,9H,1-4H2. The van der Waals surface area contributed by atoms with Crippen molar-refractivity contribution in [2.75, 3.05) is 0 Å². The third kappa shape index (κ3) is 2.57. The van der Waals surface area contributed by atoms with Gasteiger partial charge in [-0.25, -0.2) is 0 Å². The largest absolute Gasteiger partial charge is 0.408 e. The van der Waals surface area contributed by atoms with Gasteiger partial charge in [-0.1, -0.05) is 0 Å². The number of ketones is 4. The van der Waals surface area contributed by atoms with E-state index in [1.807, 2.05) is 0 Å². The molecule has 2 saturated carbocycles. The van der Waals surface area contributed by atoms with Crippen LogP contribution in [0, 0.1) is 17.3 Å². The summed E-state index contributed by atoms with van der Waals surface area (Å²) in [4.78, 5) is 46.3. The van der Waals surface area contributed by atoms with Crippen molar-refractivity contribution in [1.29, 1.82) is 0 Å². The van der Waals surface area contributed by atoms with Crippen LogP contribution in [0.25, 0.3) is 0 Å². The molecule has 0 N–H and O–H groups in total. The van der Waals surface area contributed by atoms with Crippen LogP contribution in [0.4, 0.5) is 26.3 Å². The summed E-state index contributed by atoms with van der Waals surface area (Å²) in [5.74, 6) is -11.1. The Balaban J connectivity index is 2.37. The molecule has 2 atom stereocenters. The SMILES string of the molecule is O=C1CC(CC2(C(F)(F)F)C(=O)CCC2=O)C(=O)C1C(F)(F)F. The maximum Gasteiger partial charge on any atom is 0.408 e. The number of halogens is 6. The number of carbonyl (C=O) groups is 4. The zero-order chi connectivity index (χ0) is 17.8. The highest BCUT2D eigenvalue weighted by molar-refractivity contribution is 6.15. The third-order valence-electron chi connectivity index (χ3n) is 4.35. The number of hydrogen-bond donors (Lipinski definition) is 0. The fourth-order valence-corrected chi connectivity index (χ4v) is 3.21. The van der Waals surface area contributed by atoms with Gasteiger partial charge in [0.1, 0.15) is 0 Å².